The molecule has 0 spiro atoms. The standard InChI is InChI=1S/C9H18N2O2S/c12-7-6-10-9(13)11(14)8-4-2-1-3-5-8/h8,12,14H,1-7H2,(H,10,13). The van der Waals surface area contributed by atoms with Crippen LogP contribution in [0.3, 0.4) is 0 Å². The summed E-state index contributed by atoms with van der Waals surface area (Å²) in [5.41, 5.74) is 0. The number of hydrogen-bond acceptors (Lipinski definition) is 3. The highest BCUT2D eigenvalue weighted by atomic mass is 32.1. The summed E-state index contributed by atoms with van der Waals surface area (Å²) in [6.45, 7) is 0.265. The van der Waals surface area contributed by atoms with Crippen molar-refractivity contribution in [3.05, 3.63) is 0 Å². The molecule has 2 amide bonds. The van der Waals surface area contributed by atoms with Gasteiger partial charge in [0.05, 0.1) is 6.61 Å². The van der Waals surface area contributed by atoms with Crippen LogP contribution in [0.1, 0.15) is 32.1 Å². The molecule has 4 nitrogen and oxygen atoms in total. The Bertz CT molecular complexity index is 184. The van der Waals surface area contributed by atoms with Crippen LogP contribution in [0.5, 0.6) is 0 Å². The normalized spacial score (nSPS) is 17.9. The zero-order valence-electron chi connectivity index (χ0n) is 8.28. The van der Waals surface area contributed by atoms with Crippen LogP contribution in [0.15, 0.2) is 0 Å². The van der Waals surface area contributed by atoms with Gasteiger partial charge in [0.2, 0.25) is 0 Å². The van der Waals surface area contributed by atoms with Gasteiger partial charge in [-0.15, -0.1) is 0 Å². The molecule has 1 aliphatic rings. The highest BCUT2D eigenvalue weighted by Crippen LogP contribution is 2.23. The maximum absolute atomic E-state index is 11.4. The van der Waals surface area contributed by atoms with E-state index in [0.717, 1.165) is 12.8 Å². The van der Waals surface area contributed by atoms with E-state index >= 15 is 0 Å². The predicted octanol–water partition coefficient (Wildman–Crippen LogP) is 1.17. The second kappa shape index (κ2) is 6.14. The number of rotatable bonds is 3. The second-order valence-electron chi connectivity index (χ2n) is 3.59. The van der Waals surface area contributed by atoms with E-state index in [-0.39, 0.29) is 18.7 Å². The molecule has 0 aliphatic heterocycles. The number of carbonyl (C=O) groups excluding carboxylic acids is 1. The summed E-state index contributed by atoms with van der Waals surface area (Å²) in [7, 11) is 0. The molecule has 2 N–H and O–H groups in total. The molecule has 0 aromatic heterocycles. The lowest BCUT2D eigenvalue weighted by Crippen LogP contribution is -2.42. The number of aliphatic hydroxyl groups is 1. The van der Waals surface area contributed by atoms with Crippen molar-refractivity contribution < 1.29 is 9.90 Å². The van der Waals surface area contributed by atoms with Crippen molar-refractivity contribution in [2.75, 3.05) is 13.2 Å². The first-order chi connectivity index (χ1) is 6.75. The zero-order valence-corrected chi connectivity index (χ0v) is 9.17. The van der Waals surface area contributed by atoms with Gasteiger partial charge in [0.1, 0.15) is 0 Å². The molecular weight excluding hydrogens is 200 g/mol. The minimum absolute atomic E-state index is 0.0297. The minimum atomic E-state index is -0.200. The molecule has 0 bridgehead atoms. The van der Waals surface area contributed by atoms with Crippen molar-refractivity contribution in [2.45, 2.75) is 38.1 Å². The smallest absolute Gasteiger partial charge is 0.327 e. The van der Waals surface area contributed by atoms with E-state index in [4.69, 9.17) is 5.11 Å². The Morgan fingerprint density at radius 2 is 2.07 bits per heavy atom. The quantitative estimate of drug-likeness (QED) is 0.623. The van der Waals surface area contributed by atoms with E-state index in [9.17, 15) is 4.79 Å². The van der Waals surface area contributed by atoms with Crippen LogP contribution in [0.4, 0.5) is 4.79 Å². The fourth-order valence-corrected chi connectivity index (χ4v) is 2.04. The molecule has 5 heteroatoms. The highest BCUT2D eigenvalue weighted by Gasteiger charge is 2.22. The molecule has 14 heavy (non-hydrogen) atoms. The number of nitrogens with one attached hydrogen (secondary N) is 1. The Hall–Kier alpha value is -0.420. The topological polar surface area (TPSA) is 52.6 Å². The number of hydrogen-bond donors (Lipinski definition) is 3. The van der Waals surface area contributed by atoms with Crippen LogP contribution in [-0.2, 0) is 0 Å². The number of aliphatic hydroxyl groups excluding tert-OH is 1. The molecule has 82 valence electrons. The molecule has 0 aromatic carbocycles. The molecular formula is C9H18N2O2S. The summed E-state index contributed by atoms with van der Waals surface area (Å²) < 4.78 is 1.47. The molecule has 0 atom stereocenters. The summed E-state index contributed by atoms with van der Waals surface area (Å²) in [4.78, 5) is 11.4. The van der Waals surface area contributed by atoms with Crippen molar-refractivity contribution in [3.63, 3.8) is 0 Å². The van der Waals surface area contributed by atoms with Gasteiger partial charge in [-0.2, -0.15) is 0 Å². The van der Waals surface area contributed by atoms with E-state index in [1.165, 1.54) is 23.6 Å². The average molecular weight is 218 g/mol. The molecule has 1 fully saturated rings. The van der Waals surface area contributed by atoms with Crippen LogP contribution in [-0.4, -0.2) is 34.6 Å². The summed E-state index contributed by atoms with van der Waals surface area (Å²) >= 11 is 4.18. The van der Waals surface area contributed by atoms with E-state index < -0.39 is 0 Å². The predicted molar refractivity (Wildman–Crippen MR) is 58.2 cm³/mol. The summed E-state index contributed by atoms with van der Waals surface area (Å²) in [5, 5.41) is 11.1. The van der Waals surface area contributed by atoms with E-state index in [0.29, 0.717) is 6.54 Å². The molecule has 0 radical (unpaired) electrons. The number of carbonyl (C=O) groups is 1. The lowest BCUT2D eigenvalue weighted by molar-refractivity contribution is 0.201. The van der Waals surface area contributed by atoms with Gasteiger partial charge in [-0.25, -0.2) is 4.79 Å². The molecule has 0 aromatic rings. The SMILES string of the molecule is O=C(NCCO)N(S)C1CCCCC1. The maximum atomic E-state index is 11.4. The summed E-state index contributed by atoms with van der Waals surface area (Å²) in [6.07, 6.45) is 5.69. The Balaban J connectivity index is 2.30. The number of thiol groups is 1. The van der Waals surface area contributed by atoms with Gasteiger partial charge in [0.15, 0.2) is 0 Å². The average Bonchev–Trinajstić information content (AvgIpc) is 2.26. The maximum Gasteiger partial charge on any atom is 0.327 e. The van der Waals surface area contributed by atoms with Crippen LogP contribution in [0, 0.1) is 0 Å². The fraction of sp³-hybridized carbons (Fsp3) is 0.889. The van der Waals surface area contributed by atoms with Crippen LogP contribution in [0.2, 0.25) is 0 Å². The summed E-state index contributed by atoms with van der Waals surface area (Å²) in [5.74, 6) is 0. The molecule has 0 saturated heterocycles. The number of urea groups is 1. The van der Waals surface area contributed by atoms with Gasteiger partial charge in [0, 0.05) is 12.6 Å². The first-order valence-electron chi connectivity index (χ1n) is 5.12. The minimum Gasteiger partial charge on any atom is -0.395 e. The second-order valence-corrected chi connectivity index (χ2v) is 4.02. The van der Waals surface area contributed by atoms with Gasteiger partial charge < -0.3 is 10.4 Å². The first-order valence-corrected chi connectivity index (χ1v) is 5.52. The largest absolute Gasteiger partial charge is 0.395 e. The van der Waals surface area contributed by atoms with Gasteiger partial charge >= 0.3 is 6.03 Å². The van der Waals surface area contributed by atoms with Crippen molar-refractivity contribution in [1.29, 1.82) is 0 Å². The zero-order chi connectivity index (χ0) is 10.4. The van der Waals surface area contributed by atoms with E-state index in [2.05, 4.69) is 18.1 Å². The van der Waals surface area contributed by atoms with Gasteiger partial charge in [0.25, 0.3) is 0 Å². The third kappa shape index (κ3) is 3.38. The van der Waals surface area contributed by atoms with E-state index in [1.54, 1.807) is 0 Å². The monoisotopic (exact) mass is 218 g/mol. The lowest BCUT2D eigenvalue weighted by atomic mass is 9.96. The van der Waals surface area contributed by atoms with E-state index in [1.807, 2.05) is 0 Å². The van der Waals surface area contributed by atoms with Gasteiger partial charge in [-0.1, -0.05) is 32.1 Å². The first kappa shape index (κ1) is 11.7. The lowest BCUT2D eigenvalue weighted by Gasteiger charge is -2.29. The molecule has 1 aliphatic carbocycles. The molecule has 1 rings (SSSR count). The molecule has 0 unspecified atom stereocenters. The third-order valence-electron chi connectivity index (χ3n) is 2.52. The van der Waals surface area contributed by atoms with Crippen molar-refractivity contribution in [1.82, 2.24) is 9.62 Å². The molecule has 0 heterocycles. The Kier molecular flexibility index (Phi) is 5.11. The van der Waals surface area contributed by atoms with Gasteiger partial charge in [-0.05, 0) is 12.8 Å². The highest BCUT2D eigenvalue weighted by molar-refractivity contribution is 7.78. The molecule has 1 saturated carbocycles. The van der Waals surface area contributed by atoms with Crippen molar-refractivity contribution in [3.8, 4) is 0 Å². The van der Waals surface area contributed by atoms with Crippen molar-refractivity contribution >= 4 is 18.8 Å². The Labute approximate surface area is 90.2 Å². The van der Waals surface area contributed by atoms with Crippen molar-refractivity contribution in [2.24, 2.45) is 0 Å². The fourth-order valence-electron chi connectivity index (χ4n) is 1.74. The van der Waals surface area contributed by atoms with Crippen LogP contribution >= 0.6 is 12.8 Å². The van der Waals surface area contributed by atoms with Gasteiger partial charge in [-0.3, -0.25) is 4.31 Å². The Morgan fingerprint density at radius 3 is 2.64 bits per heavy atom. The number of nitrogens with zero attached hydrogens (tertiary/aromatic N) is 1. The van der Waals surface area contributed by atoms with Crippen LogP contribution in [0.25, 0.3) is 0 Å². The Morgan fingerprint density at radius 1 is 1.43 bits per heavy atom. The third-order valence-corrected chi connectivity index (χ3v) is 3.02. The number of amides is 2. The van der Waals surface area contributed by atoms with Crippen LogP contribution < -0.4 is 5.32 Å². The summed E-state index contributed by atoms with van der Waals surface area (Å²) in [6, 6.07) is 0.0556.